The number of para-hydroxylation sites is 1. The number of hydrogen-bond acceptors (Lipinski definition) is 5. The number of carbonyl (C=O) groups is 1. The lowest BCUT2D eigenvalue weighted by molar-refractivity contribution is 0.0989. The van der Waals surface area contributed by atoms with E-state index in [1.165, 1.54) is 4.57 Å². The van der Waals surface area contributed by atoms with Crippen molar-refractivity contribution in [2.45, 2.75) is 6.42 Å². The maximum absolute atomic E-state index is 13.3. The highest BCUT2D eigenvalue weighted by Gasteiger charge is 2.23. The van der Waals surface area contributed by atoms with Crippen LogP contribution in [0.3, 0.4) is 0 Å². The summed E-state index contributed by atoms with van der Waals surface area (Å²) >= 11 is 0. The van der Waals surface area contributed by atoms with Crippen LogP contribution in [0.2, 0.25) is 0 Å². The molecule has 0 fully saturated rings. The molecule has 1 N–H and O–H groups in total. The van der Waals surface area contributed by atoms with Crippen LogP contribution in [0.25, 0.3) is 16.7 Å². The van der Waals surface area contributed by atoms with E-state index in [-0.39, 0.29) is 17.7 Å². The van der Waals surface area contributed by atoms with Crippen LogP contribution in [-0.2, 0) is 6.42 Å². The molecule has 6 nitrogen and oxygen atoms in total. The number of fused-ring (bicyclic) bond motifs is 1. The molecule has 0 atom stereocenters. The summed E-state index contributed by atoms with van der Waals surface area (Å²) in [5, 5.41) is 11.1. The fourth-order valence-electron chi connectivity index (χ4n) is 3.29. The first kappa shape index (κ1) is 18.4. The quantitative estimate of drug-likeness (QED) is 0.531. The minimum Gasteiger partial charge on any atom is -0.506 e. The fraction of sp³-hybridized carbons (Fsp3) is 0.0870. The van der Waals surface area contributed by atoms with E-state index in [0.717, 1.165) is 0 Å². The highest BCUT2D eigenvalue weighted by atomic mass is 16.5. The van der Waals surface area contributed by atoms with Gasteiger partial charge in [-0.15, -0.1) is 0 Å². The van der Waals surface area contributed by atoms with Gasteiger partial charge < -0.3 is 9.84 Å². The maximum Gasteiger partial charge on any atom is 0.271 e. The number of aromatic nitrogens is 2. The highest BCUT2D eigenvalue weighted by molar-refractivity contribution is 6.04. The molecule has 4 aromatic rings. The first-order valence-corrected chi connectivity index (χ1v) is 9.04. The van der Waals surface area contributed by atoms with Crippen LogP contribution in [0.1, 0.15) is 15.9 Å². The van der Waals surface area contributed by atoms with Gasteiger partial charge in [0.25, 0.3) is 5.56 Å². The molecule has 144 valence electrons. The molecule has 0 aliphatic heterocycles. The first-order valence-electron chi connectivity index (χ1n) is 9.04. The molecule has 6 heteroatoms. The minimum atomic E-state index is -0.599. The summed E-state index contributed by atoms with van der Waals surface area (Å²) in [5.74, 6) is -0.135. The van der Waals surface area contributed by atoms with Crippen molar-refractivity contribution in [3.05, 3.63) is 94.4 Å². The van der Waals surface area contributed by atoms with Crippen LogP contribution in [0.4, 0.5) is 0 Å². The van der Waals surface area contributed by atoms with E-state index in [9.17, 15) is 14.7 Å². The molecule has 2 aromatic carbocycles. The molecule has 0 amide bonds. The Labute approximate surface area is 166 Å². The smallest absolute Gasteiger partial charge is 0.271 e. The van der Waals surface area contributed by atoms with Crippen molar-refractivity contribution in [3.63, 3.8) is 0 Å². The van der Waals surface area contributed by atoms with Gasteiger partial charge in [0, 0.05) is 12.6 Å². The van der Waals surface area contributed by atoms with Gasteiger partial charge in [0.2, 0.25) is 0 Å². The topological polar surface area (TPSA) is 81.4 Å². The number of methoxy groups -OCH3 is 1. The predicted molar refractivity (Wildman–Crippen MR) is 110 cm³/mol. The first-order chi connectivity index (χ1) is 14.1. The number of rotatable bonds is 5. The van der Waals surface area contributed by atoms with E-state index < -0.39 is 11.3 Å². The average molecular weight is 386 g/mol. The zero-order valence-corrected chi connectivity index (χ0v) is 15.7. The highest BCUT2D eigenvalue weighted by Crippen LogP contribution is 2.27. The SMILES string of the molecule is COc1ccc(CC(=O)c2c(O)c3cccnc3n(-c3ccccc3)c2=O)cc1. The van der Waals surface area contributed by atoms with Gasteiger partial charge >= 0.3 is 0 Å². The Morgan fingerprint density at radius 2 is 1.76 bits per heavy atom. The number of nitrogens with zero attached hydrogens (tertiary/aromatic N) is 2. The molecule has 0 radical (unpaired) electrons. The van der Waals surface area contributed by atoms with Crippen molar-refractivity contribution in [2.24, 2.45) is 0 Å². The van der Waals surface area contributed by atoms with E-state index >= 15 is 0 Å². The van der Waals surface area contributed by atoms with E-state index in [4.69, 9.17) is 4.74 Å². The van der Waals surface area contributed by atoms with E-state index in [2.05, 4.69) is 4.98 Å². The minimum absolute atomic E-state index is 0.0205. The van der Waals surface area contributed by atoms with Crippen molar-refractivity contribution in [1.29, 1.82) is 0 Å². The van der Waals surface area contributed by atoms with Crippen LogP contribution < -0.4 is 10.3 Å². The van der Waals surface area contributed by atoms with Crippen molar-refractivity contribution >= 4 is 16.8 Å². The van der Waals surface area contributed by atoms with Gasteiger partial charge in [0.05, 0.1) is 18.2 Å². The number of aromatic hydroxyl groups is 1. The van der Waals surface area contributed by atoms with Gasteiger partial charge in [0.1, 0.15) is 17.1 Å². The second-order valence-corrected chi connectivity index (χ2v) is 6.52. The maximum atomic E-state index is 13.3. The molecule has 0 aliphatic rings. The van der Waals surface area contributed by atoms with E-state index in [1.54, 1.807) is 74.0 Å². The molecule has 29 heavy (non-hydrogen) atoms. The summed E-state index contributed by atoms with van der Waals surface area (Å²) in [4.78, 5) is 30.5. The molecule has 0 saturated carbocycles. The average Bonchev–Trinajstić information content (AvgIpc) is 2.75. The lowest BCUT2D eigenvalue weighted by Crippen LogP contribution is -2.27. The van der Waals surface area contributed by atoms with Crippen molar-refractivity contribution in [3.8, 4) is 17.2 Å². The molecule has 0 spiro atoms. The standard InChI is InChI=1S/C23H18N2O4/c1-29-17-11-9-15(10-12-17)14-19(26)20-21(27)18-8-5-13-24-22(18)25(23(20)28)16-6-3-2-4-7-16/h2-13,27H,14H2,1H3. The summed E-state index contributed by atoms with van der Waals surface area (Å²) in [5.41, 5.74) is 0.734. The van der Waals surface area contributed by atoms with Gasteiger partial charge in [-0.05, 0) is 42.0 Å². The van der Waals surface area contributed by atoms with Crippen LogP contribution >= 0.6 is 0 Å². The molecule has 0 saturated heterocycles. The van der Waals surface area contributed by atoms with Crippen molar-refractivity contribution < 1.29 is 14.6 Å². The van der Waals surface area contributed by atoms with E-state index in [1.807, 2.05) is 6.07 Å². The normalized spacial score (nSPS) is 10.8. The lowest BCUT2D eigenvalue weighted by Gasteiger charge is -2.14. The van der Waals surface area contributed by atoms with Gasteiger partial charge in [-0.1, -0.05) is 30.3 Å². The third kappa shape index (κ3) is 3.36. The number of ketones is 1. The molecule has 0 unspecified atom stereocenters. The monoisotopic (exact) mass is 386 g/mol. The Kier molecular flexibility index (Phi) is 4.83. The van der Waals surface area contributed by atoms with Gasteiger partial charge in [-0.3, -0.25) is 14.2 Å². The number of carbonyl (C=O) groups excluding carboxylic acids is 1. The number of Topliss-reactive ketones (excluding diaryl/α,β-unsaturated/α-hetero) is 1. The summed E-state index contributed by atoms with van der Waals surface area (Å²) in [7, 11) is 1.56. The number of pyridine rings is 2. The largest absolute Gasteiger partial charge is 0.506 e. The van der Waals surface area contributed by atoms with Crippen LogP contribution in [0, 0.1) is 0 Å². The second-order valence-electron chi connectivity index (χ2n) is 6.52. The number of hydrogen-bond donors (Lipinski definition) is 1. The third-order valence-corrected chi connectivity index (χ3v) is 4.72. The Balaban J connectivity index is 1.88. The van der Waals surface area contributed by atoms with Gasteiger partial charge in [-0.2, -0.15) is 0 Å². The number of benzene rings is 2. The summed E-state index contributed by atoms with van der Waals surface area (Å²) in [6.07, 6.45) is 1.52. The molecule has 0 bridgehead atoms. The molecule has 2 aromatic heterocycles. The summed E-state index contributed by atoms with van der Waals surface area (Å²) < 4.78 is 6.48. The van der Waals surface area contributed by atoms with Crippen molar-refractivity contribution in [1.82, 2.24) is 9.55 Å². The molecular formula is C23H18N2O4. The van der Waals surface area contributed by atoms with Crippen LogP contribution in [0.5, 0.6) is 11.5 Å². The lowest BCUT2D eigenvalue weighted by atomic mass is 10.0. The Bertz CT molecular complexity index is 1250. The molecular weight excluding hydrogens is 368 g/mol. The van der Waals surface area contributed by atoms with Gasteiger partial charge in [0.15, 0.2) is 11.4 Å². The summed E-state index contributed by atoms with van der Waals surface area (Å²) in [6.45, 7) is 0. The molecule has 0 aliphatic carbocycles. The van der Waals surface area contributed by atoms with Crippen LogP contribution in [0.15, 0.2) is 77.7 Å². The van der Waals surface area contributed by atoms with Crippen molar-refractivity contribution in [2.75, 3.05) is 7.11 Å². The van der Waals surface area contributed by atoms with Crippen LogP contribution in [-0.4, -0.2) is 27.6 Å². The second kappa shape index (κ2) is 7.59. The Morgan fingerprint density at radius 3 is 2.45 bits per heavy atom. The summed E-state index contributed by atoms with van der Waals surface area (Å²) in [6, 6.07) is 19.2. The Hall–Kier alpha value is -3.93. The number of ether oxygens (including phenoxy) is 1. The van der Waals surface area contributed by atoms with Gasteiger partial charge in [-0.25, -0.2) is 4.98 Å². The fourth-order valence-corrected chi connectivity index (χ4v) is 3.29. The third-order valence-electron chi connectivity index (χ3n) is 4.72. The zero-order chi connectivity index (χ0) is 20.4. The molecule has 2 heterocycles. The predicted octanol–water partition coefficient (Wildman–Crippen LogP) is 3.53. The molecule has 4 rings (SSSR count). The zero-order valence-electron chi connectivity index (χ0n) is 15.7. The van der Waals surface area contributed by atoms with E-state index in [0.29, 0.717) is 28.0 Å². The Morgan fingerprint density at radius 1 is 1.03 bits per heavy atom.